The van der Waals surface area contributed by atoms with Crippen molar-refractivity contribution in [2.45, 2.75) is 13.5 Å². The molecule has 0 fully saturated rings. The molecule has 3 amide bonds. The molecule has 1 aromatic heterocycles. The standard InChI is InChI=1S/C25H20Cl2N4O5/c1-2-35-18-6-3-16(4-7-18)30-23(32)15(13-28)11-19-8-9-20(36-19)14-29-24(33)25(34)31-17-5-10-21(26)22(27)12-17/h3-12H,2,14H2,1H3,(H,29,33)(H,30,32)(H,31,34)/b15-11-. The van der Waals surface area contributed by atoms with Crippen molar-refractivity contribution in [2.24, 2.45) is 0 Å². The Morgan fingerprint density at radius 3 is 2.31 bits per heavy atom. The summed E-state index contributed by atoms with van der Waals surface area (Å²) in [4.78, 5) is 36.6. The first-order valence-electron chi connectivity index (χ1n) is 10.6. The SMILES string of the molecule is CCOc1ccc(NC(=O)/C(C#N)=C\c2ccc(CNC(=O)C(=O)Nc3ccc(Cl)c(Cl)c3)o2)cc1. The highest BCUT2D eigenvalue weighted by atomic mass is 35.5. The molecule has 1 heterocycles. The number of carbonyl (C=O) groups excluding carboxylic acids is 3. The number of furan rings is 1. The average Bonchev–Trinajstić information content (AvgIpc) is 3.32. The topological polar surface area (TPSA) is 133 Å². The predicted octanol–water partition coefficient (Wildman–Crippen LogP) is 4.79. The summed E-state index contributed by atoms with van der Waals surface area (Å²) >= 11 is 11.7. The van der Waals surface area contributed by atoms with E-state index in [4.69, 9.17) is 32.4 Å². The Balaban J connectivity index is 1.55. The average molecular weight is 527 g/mol. The molecule has 3 N–H and O–H groups in total. The van der Waals surface area contributed by atoms with E-state index < -0.39 is 17.7 Å². The molecule has 0 saturated carbocycles. The normalized spacial score (nSPS) is 10.8. The van der Waals surface area contributed by atoms with Crippen molar-refractivity contribution in [3.8, 4) is 11.8 Å². The van der Waals surface area contributed by atoms with Gasteiger partial charge >= 0.3 is 11.8 Å². The van der Waals surface area contributed by atoms with Crippen molar-refractivity contribution in [3.05, 3.63) is 81.7 Å². The lowest BCUT2D eigenvalue weighted by Crippen LogP contribution is -2.34. The molecule has 0 aliphatic rings. The lowest BCUT2D eigenvalue weighted by atomic mass is 10.2. The first-order chi connectivity index (χ1) is 17.3. The van der Waals surface area contributed by atoms with Gasteiger partial charge in [0.1, 0.15) is 28.9 Å². The van der Waals surface area contributed by atoms with Crippen LogP contribution in [0.1, 0.15) is 18.4 Å². The zero-order chi connectivity index (χ0) is 26.1. The fourth-order valence-electron chi connectivity index (χ4n) is 2.87. The van der Waals surface area contributed by atoms with Gasteiger partial charge in [0, 0.05) is 17.5 Å². The van der Waals surface area contributed by atoms with Crippen LogP contribution in [0.25, 0.3) is 6.08 Å². The molecule has 0 unspecified atom stereocenters. The Morgan fingerprint density at radius 2 is 1.64 bits per heavy atom. The Morgan fingerprint density at radius 1 is 0.944 bits per heavy atom. The summed E-state index contributed by atoms with van der Waals surface area (Å²) in [5.41, 5.74) is 0.615. The largest absolute Gasteiger partial charge is 0.494 e. The number of nitrogens with zero attached hydrogens (tertiary/aromatic N) is 1. The van der Waals surface area contributed by atoms with Crippen LogP contribution in [0.15, 0.2) is 64.6 Å². The summed E-state index contributed by atoms with van der Waals surface area (Å²) in [5, 5.41) is 17.4. The maximum absolute atomic E-state index is 12.5. The summed E-state index contributed by atoms with van der Waals surface area (Å²) in [7, 11) is 0. The molecular weight excluding hydrogens is 507 g/mol. The molecule has 3 aromatic rings. The van der Waals surface area contributed by atoms with E-state index in [0.717, 1.165) is 0 Å². The van der Waals surface area contributed by atoms with Crippen LogP contribution < -0.4 is 20.7 Å². The van der Waals surface area contributed by atoms with E-state index in [1.165, 1.54) is 30.3 Å². The van der Waals surface area contributed by atoms with E-state index in [1.54, 1.807) is 30.3 Å². The van der Waals surface area contributed by atoms with Crippen LogP contribution in [0.5, 0.6) is 5.75 Å². The number of hydrogen-bond donors (Lipinski definition) is 3. The van der Waals surface area contributed by atoms with Crippen LogP contribution in [0, 0.1) is 11.3 Å². The van der Waals surface area contributed by atoms with Crippen molar-refractivity contribution in [1.29, 1.82) is 5.26 Å². The van der Waals surface area contributed by atoms with E-state index in [-0.39, 0.29) is 22.9 Å². The molecule has 3 rings (SSSR count). The number of carbonyl (C=O) groups is 3. The number of anilines is 2. The van der Waals surface area contributed by atoms with E-state index in [0.29, 0.717) is 34.5 Å². The second-order valence-corrected chi connectivity index (χ2v) is 7.97. The van der Waals surface area contributed by atoms with Crippen molar-refractivity contribution >= 4 is 58.4 Å². The smallest absolute Gasteiger partial charge is 0.313 e. The molecule has 2 aromatic carbocycles. The number of halogens is 2. The molecule has 0 radical (unpaired) electrons. The summed E-state index contributed by atoms with van der Waals surface area (Å²) in [6.07, 6.45) is 1.27. The van der Waals surface area contributed by atoms with E-state index >= 15 is 0 Å². The fourth-order valence-corrected chi connectivity index (χ4v) is 3.17. The van der Waals surface area contributed by atoms with E-state index in [9.17, 15) is 19.6 Å². The van der Waals surface area contributed by atoms with Crippen molar-refractivity contribution in [3.63, 3.8) is 0 Å². The zero-order valence-corrected chi connectivity index (χ0v) is 20.4. The number of rotatable bonds is 8. The highest BCUT2D eigenvalue weighted by Crippen LogP contribution is 2.25. The molecule has 36 heavy (non-hydrogen) atoms. The van der Waals surface area contributed by atoms with Crippen molar-refractivity contribution < 1.29 is 23.5 Å². The van der Waals surface area contributed by atoms with Gasteiger partial charge in [0.15, 0.2) is 0 Å². The van der Waals surface area contributed by atoms with E-state index in [2.05, 4.69) is 16.0 Å². The quantitative estimate of drug-likeness (QED) is 0.219. The molecule has 0 atom stereocenters. The Hall–Kier alpha value is -4.26. The molecule has 0 aliphatic carbocycles. The first-order valence-corrected chi connectivity index (χ1v) is 11.3. The Labute approximate surface area is 216 Å². The maximum atomic E-state index is 12.5. The third-order valence-electron chi connectivity index (χ3n) is 4.56. The van der Waals surface area contributed by atoms with Gasteiger partial charge in [-0.1, -0.05) is 23.2 Å². The number of amides is 3. The number of nitriles is 1. The van der Waals surface area contributed by atoms with Gasteiger partial charge in [0.2, 0.25) is 0 Å². The highest BCUT2D eigenvalue weighted by molar-refractivity contribution is 6.43. The summed E-state index contributed by atoms with van der Waals surface area (Å²) in [6, 6.07) is 16.0. The molecular formula is C25H20Cl2N4O5. The lowest BCUT2D eigenvalue weighted by Gasteiger charge is -2.06. The predicted molar refractivity (Wildman–Crippen MR) is 135 cm³/mol. The highest BCUT2D eigenvalue weighted by Gasteiger charge is 2.15. The van der Waals surface area contributed by atoms with Gasteiger partial charge in [-0.15, -0.1) is 0 Å². The Bertz CT molecular complexity index is 1340. The number of hydrogen-bond acceptors (Lipinski definition) is 6. The van der Waals surface area contributed by atoms with Crippen molar-refractivity contribution in [1.82, 2.24) is 5.32 Å². The third kappa shape index (κ3) is 7.37. The Kier molecular flexibility index (Phi) is 9.11. The van der Waals surface area contributed by atoms with Crippen LogP contribution in [0.3, 0.4) is 0 Å². The molecule has 0 aliphatic heterocycles. The van der Waals surface area contributed by atoms with Gasteiger partial charge in [-0.05, 0) is 61.5 Å². The second kappa shape index (κ2) is 12.4. The molecule has 0 bridgehead atoms. The van der Waals surface area contributed by atoms with Gasteiger partial charge in [-0.25, -0.2) is 0 Å². The second-order valence-electron chi connectivity index (χ2n) is 7.15. The van der Waals surface area contributed by atoms with Gasteiger partial charge in [-0.3, -0.25) is 14.4 Å². The van der Waals surface area contributed by atoms with Crippen molar-refractivity contribution in [2.75, 3.05) is 17.2 Å². The molecule has 11 heteroatoms. The fraction of sp³-hybridized carbons (Fsp3) is 0.120. The van der Waals surface area contributed by atoms with Crippen LogP contribution >= 0.6 is 23.2 Å². The van der Waals surface area contributed by atoms with Gasteiger partial charge < -0.3 is 25.1 Å². The minimum Gasteiger partial charge on any atom is -0.494 e. The lowest BCUT2D eigenvalue weighted by molar-refractivity contribution is -0.136. The van der Waals surface area contributed by atoms with Crippen LogP contribution in [-0.2, 0) is 20.9 Å². The maximum Gasteiger partial charge on any atom is 0.313 e. The van der Waals surface area contributed by atoms with Gasteiger partial charge in [-0.2, -0.15) is 5.26 Å². The third-order valence-corrected chi connectivity index (χ3v) is 5.30. The van der Waals surface area contributed by atoms with Crippen LogP contribution in [0.4, 0.5) is 11.4 Å². The minimum atomic E-state index is -0.905. The molecule has 184 valence electrons. The summed E-state index contributed by atoms with van der Waals surface area (Å²) in [6.45, 7) is 2.29. The first kappa shape index (κ1) is 26.3. The zero-order valence-electron chi connectivity index (χ0n) is 18.9. The summed E-state index contributed by atoms with van der Waals surface area (Å²) < 4.78 is 10.9. The van der Waals surface area contributed by atoms with E-state index in [1.807, 2.05) is 13.0 Å². The minimum absolute atomic E-state index is 0.0955. The molecule has 0 spiro atoms. The number of nitrogens with one attached hydrogen (secondary N) is 3. The van der Waals surface area contributed by atoms with Gasteiger partial charge in [0.05, 0.1) is 23.2 Å². The molecule has 0 saturated heterocycles. The summed E-state index contributed by atoms with van der Waals surface area (Å²) in [5.74, 6) is -1.24. The van der Waals surface area contributed by atoms with Crippen LogP contribution in [-0.4, -0.2) is 24.3 Å². The van der Waals surface area contributed by atoms with Crippen LogP contribution in [0.2, 0.25) is 10.0 Å². The number of ether oxygens (including phenoxy) is 1. The monoisotopic (exact) mass is 526 g/mol. The van der Waals surface area contributed by atoms with Gasteiger partial charge in [0.25, 0.3) is 5.91 Å². The number of benzene rings is 2. The molecule has 9 nitrogen and oxygen atoms in total.